The summed E-state index contributed by atoms with van der Waals surface area (Å²) < 4.78 is 0.290. The molecule has 0 spiro atoms. The summed E-state index contributed by atoms with van der Waals surface area (Å²) in [5.74, 6) is 0. The standard InChI is InChI=1S/C17H23Si.3ClH.Ti/c1-5-18(6-2,16-10-8-7-9-11-16)17-14(3)12-13-15(17)4;;;;/h7-13H,5-6H2,1-4H3;3*1H;/q;;;;+3/p-3. The van der Waals surface area contributed by atoms with Gasteiger partial charge in [-0.25, -0.2) is 0 Å². The molecule has 0 fully saturated rings. The molecule has 0 aliphatic heterocycles. The summed E-state index contributed by atoms with van der Waals surface area (Å²) in [4.78, 5) is 0. The third-order valence-corrected chi connectivity index (χ3v) is 14.6. The fraction of sp³-hybridized carbons (Fsp3) is 0.412. The van der Waals surface area contributed by atoms with Crippen molar-refractivity contribution in [2.24, 2.45) is 0 Å². The third-order valence-electron chi connectivity index (χ3n) is 5.02. The van der Waals surface area contributed by atoms with E-state index in [1.807, 2.05) is 0 Å². The van der Waals surface area contributed by atoms with Gasteiger partial charge in [0.25, 0.3) is 0 Å². The first kappa shape index (κ1) is 24.7. The average Bonchev–Trinajstić information content (AvgIpc) is 2.71. The molecule has 0 amide bonds. The maximum Gasteiger partial charge on any atom is -1.00 e. The molecule has 0 atom stereocenters. The normalized spacial score (nSPS) is 15.7. The molecule has 0 saturated carbocycles. The van der Waals surface area contributed by atoms with Gasteiger partial charge < -0.3 is 37.2 Å². The smallest absolute Gasteiger partial charge is 1.00 e. The van der Waals surface area contributed by atoms with E-state index < -0.39 is 8.07 Å². The van der Waals surface area contributed by atoms with E-state index in [1.165, 1.54) is 12.1 Å². The Bertz CT molecular complexity index is 504. The average molecular weight is 410 g/mol. The van der Waals surface area contributed by atoms with Gasteiger partial charge in [-0.1, -0.05) is 0 Å². The van der Waals surface area contributed by atoms with Crippen LogP contribution in [-0.4, -0.2) is 8.07 Å². The summed E-state index contributed by atoms with van der Waals surface area (Å²) in [7, 11) is -1.57. The van der Waals surface area contributed by atoms with E-state index in [0.717, 1.165) is 0 Å². The number of benzene rings is 1. The van der Waals surface area contributed by atoms with Crippen molar-refractivity contribution >= 4 is 13.3 Å². The molecule has 0 aromatic heterocycles. The number of hydrogen-bond acceptors (Lipinski definition) is 0. The Hall–Kier alpha value is 0.501. The molecule has 5 heteroatoms. The van der Waals surface area contributed by atoms with Crippen LogP contribution in [0.3, 0.4) is 0 Å². The summed E-state index contributed by atoms with van der Waals surface area (Å²) in [6, 6.07) is 13.9. The number of allylic oxidation sites excluding steroid dienone is 4. The number of hydrogen-bond donors (Lipinski definition) is 0. The maximum absolute atomic E-state index is 2.49. The van der Waals surface area contributed by atoms with Crippen LogP contribution in [0.2, 0.25) is 15.4 Å². The van der Waals surface area contributed by atoms with E-state index in [2.05, 4.69) is 90.6 Å². The van der Waals surface area contributed by atoms with Gasteiger partial charge in [0.15, 0.2) is 0 Å². The fourth-order valence-electron chi connectivity index (χ4n) is 3.73. The molecule has 1 aromatic carbocycles. The van der Waals surface area contributed by atoms with Crippen molar-refractivity contribution in [1.82, 2.24) is 0 Å². The Balaban J connectivity index is 0. The van der Waals surface area contributed by atoms with Crippen LogP contribution in [0.25, 0.3) is 0 Å². The third kappa shape index (κ3) is 3.61. The number of halogens is 3. The van der Waals surface area contributed by atoms with Crippen molar-refractivity contribution in [3.63, 3.8) is 0 Å². The molecule has 1 aromatic rings. The van der Waals surface area contributed by atoms with E-state index in [0.29, 0.717) is 0 Å². The molecule has 2 rings (SSSR count). The number of rotatable bonds is 4. The monoisotopic (exact) mass is 408 g/mol. The van der Waals surface area contributed by atoms with Crippen LogP contribution in [0.15, 0.2) is 53.6 Å². The van der Waals surface area contributed by atoms with Gasteiger partial charge in [-0.05, 0) is 0 Å². The SMILES string of the molecule is CC[Si](CC)(c1ccccc1)[C]1([Ti+3])C(C)=CC=C1C.[Cl-].[Cl-].[Cl-]. The molecule has 1 aliphatic rings. The Labute approximate surface area is 166 Å². The summed E-state index contributed by atoms with van der Waals surface area (Å²) in [6.07, 6.45) is 4.68. The molecule has 1 aliphatic carbocycles. The molecule has 0 unspecified atom stereocenters. The molecule has 0 heterocycles. The minimum absolute atomic E-state index is 0. The first-order chi connectivity index (χ1) is 9.03. The van der Waals surface area contributed by atoms with Gasteiger partial charge in [-0.15, -0.1) is 0 Å². The molecule has 0 nitrogen and oxygen atoms in total. The van der Waals surface area contributed by atoms with E-state index in [1.54, 1.807) is 16.3 Å². The first-order valence-electron chi connectivity index (χ1n) is 7.19. The molecule has 120 valence electrons. The zero-order valence-electron chi connectivity index (χ0n) is 13.6. The van der Waals surface area contributed by atoms with Gasteiger partial charge in [0.05, 0.1) is 0 Å². The van der Waals surface area contributed by atoms with Gasteiger partial charge >= 0.3 is 130 Å². The van der Waals surface area contributed by atoms with Crippen LogP contribution in [0.4, 0.5) is 0 Å². The zero-order valence-corrected chi connectivity index (χ0v) is 18.4. The second kappa shape index (κ2) is 9.71. The molecular formula is C17H23Cl3SiTi. The van der Waals surface area contributed by atoms with Gasteiger partial charge in [0, 0.05) is 0 Å². The fourth-order valence-corrected chi connectivity index (χ4v) is 11.6. The molecule has 0 bridgehead atoms. The van der Waals surface area contributed by atoms with Crippen LogP contribution in [0.5, 0.6) is 0 Å². The van der Waals surface area contributed by atoms with Crippen LogP contribution >= 0.6 is 0 Å². The molecule has 22 heavy (non-hydrogen) atoms. The summed E-state index contributed by atoms with van der Waals surface area (Å²) in [5.41, 5.74) is 3.12. The van der Waals surface area contributed by atoms with Crippen molar-refractivity contribution in [1.29, 1.82) is 0 Å². The summed E-state index contributed by atoms with van der Waals surface area (Å²) in [6.45, 7) is 9.44. The zero-order chi connectivity index (χ0) is 14.1. The summed E-state index contributed by atoms with van der Waals surface area (Å²) in [5, 5.41) is 1.62. The first-order valence-corrected chi connectivity index (χ1v) is 10.4. The van der Waals surface area contributed by atoms with Crippen molar-refractivity contribution in [3.8, 4) is 0 Å². The Morgan fingerprint density at radius 1 is 0.864 bits per heavy atom. The van der Waals surface area contributed by atoms with Crippen LogP contribution in [-0.2, 0) is 20.4 Å². The minimum atomic E-state index is -1.57. The quantitative estimate of drug-likeness (QED) is 0.440. The minimum Gasteiger partial charge on any atom is -1.00 e. The van der Waals surface area contributed by atoms with E-state index >= 15 is 0 Å². The van der Waals surface area contributed by atoms with Crippen molar-refractivity contribution in [2.45, 2.75) is 43.1 Å². The van der Waals surface area contributed by atoms with Gasteiger partial charge in [0.1, 0.15) is 0 Å². The molecule has 0 saturated heterocycles. The van der Waals surface area contributed by atoms with Gasteiger partial charge in [0.2, 0.25) is 0 Å². The van der Waals surface area contributed by atoms with Crippen molar-refractivity contribution in [2.75, 3.05) is 0 Å². The predicted octanol–water partition coefficient (Wildman–Crippen LogP) is -4.45. The molecular weight excluding hydrogens is 386 g/mol. The Kier molecular flexibility index (Phi) is 10.9. The van der Waals surface area contributed by atoms with Crippen LogP contribution in [0.1, 0.15) is 27.7 Å². The van der Waals surface area contributed by atoms with E-state index in [-0.39, 0.29) is 40.6 Å². The largest absolute Gasteiger partial charge is 1.00 e. The van der Waals surface area contributed by atoms with Crippen molar-refractivity contribution in [3.05, 3.63) is 53.6 Å². The van der Waals surface area contributed by atoms with Crippen LogP contribution in [0, 0.1) is 0 Å². The van der Waals surface area contributed by atoms with Gasteiger partial charge in [-0.3, -0.25) is 0 Å². The Morgan fingerprint density at radius 3 is 1.64 bits per heavy atom. The second-order valence-electron chi connectivity index (χ2n) is 5.60. The second-order valence-corrected chi connectivity index (χ2v) is 12.5. The Morgan fingerprint density at radius 2 is 1.27 bits per heavy atom. The topological polar surface area (TPSA) is 0 Å². The maximum atomic E-state index is 2.49. The van der Waals surface area contributed by atoms with Gasteiger partial charge in [-0.2, -0.15) is 0 Å². The summed E-state index contributed by atoms with van der Waals surface area (Å²) >= 11 is 2.49. The van der Waals surface area contributed by atoms with Crippen LogP contribution < -0.4 is 42.4 Å². The van der Waals surface area contributed by atoms with E-state index in [9.17, 15) is 0 Å². The molecule has 0 N–H and O–H groups in total. The van der Waals surface area contributed by atoms with Crippen molar-refractivity contribution < 1.29 is 57.7 Å². The predicted molar refractivity (Wildman–Crippen MR) is 83.0 cm³/mol. The van der Waals surface area contributed by atoms with E-state index in [4.69, 9.17) is 0 Å². The molecule has 0 radical (unpaired) electrons.